The molecular weight excluding hydrogens is 358 g/mol. The molecule has 0 aliphatic heterocycles. The number of hydrogen-bond acceptors (Lipinski definition) is 3. The Hall–Kier alpha value is 0.380. The van der Waals surface area contributed by atoms with Gasteiger partial charge in [-0.3, -0.25) is 0 Å². The molecule has 0 fully saturated rings. The topological polar surface area (TPSA) is 37.4 Å². The molecular formula is C11H17BrClNO2S2. The number of rotatable bonds is 7. The highest BCUT2D eigenvalue weighted by molar-refractivity contribution is 9.11. The minimum atomic E-state index is -3.36. The number of halogens is 2. The summed E-state index contributed by atoms with van der Waals surface area (Å²) in [6.07, 6.45) is 2.72. The highest BCUT2D eigenvalue weighted by Gasteiger charge is 2.24. The van der Waals surface area contributed by atoms with Crippen molar-refractivity contribution in [2.75, 3.05) is 19.5 Å². The summed E-state index contributed by atoms with van der Waals surface area (Å²) in [6, 6.07) is 1.67. The lowest BCUT2D eigenvalue weighted by Gasteiger charge is -2.16. The van der Waals surface area contributed by atoms with Crippen LogP contribution in [-0.4, -0.2) is 32.2 Å². The van der Waals surface area contributed by atoms with Crippen molar-refractivity contribution in [3.8, 4) is 0 Å². The zero-order valence-corrected chi connectivity index (χ0v) is 14.4. The molecule has 0 saturated carbocycles. The molecule has 1 rings (SSSR count). The highest BCUT2D eigenvalue weighted by atomic mass is 79.9. The lowest BCUT2D eigenvalue weighted by molar-refractivity contribution is 0.454. The van der Waals surface area contributed by atoms with E-state index in [9.17, 15) is 8.42 Å². The van der Waals surface area contributed by atoms with Crippen LogP contribution >= 0.6 is 38.9 Å². The predicted octanol–water partition coefficient (Wildman–Crippen LogP) is 3.85. The van der Waals surface area contributed by atoms with Gasteiger partial charge in [0.05, 0.1) is 8.68 Å². The van der Waals surface area contributed by atoms with Crippen molar-refractivity contribution in [1.29, 1.82) is 0 Å². The van der Waals surface area contributed by atoms with E-state index in [1.165, 1.54) is 15.6 Å². The van der Waals surface area contributed by atoms with Crippen molar-refractivity contribution in [2.45, 2.75) is 31.1 Å². The molecule has 0 aliphatic carbocycles. The van der Waals surface area contributed by atoms with Gasteiger partial charge in [-0.25, -0.2) is 12.7 Å². The van der Waals surface area contributed by atoms with Crippen molar-refractivity contribution in [2.24, 2.45) is 0 Å². The van der Waals surface area contributed by atoms with Gasteiger partial charge in [0.15, 0.2) is 0 Å². The van der Waals surface area contributed by atoms with Gasteiger partial charge < -0.3 is 0 Å². The molecule has 0 aliphatic rings. The number of thiophene rings is 1. The molecule has 0 amide bonds. The first-order valence-electron chi connectivity index (χ1n) is 5.68. The number of nitrogens with zero attached hydrogens (tertiary/aromatic N) is 1. The third kappa shape index (κ3) is 4.20. The number of aryl methyl sites for hydroxylation is 1. The molecule has 0 unspecified atom stereocenters. The van der Waals surface area contributed by atoms with E-state index in [1.54, 1.807) is 13.1 Å². The van der Waals surface area contributed by atoms with Gasteiger partial charge in [-0.1, -0.05) is 6.42 Å². The Labute approximate surface area is 126 Å². The molecule has 0 spiro atoms. The molecule has 0 N–H and O–H groups in total. The highest BCUT2D eigenvalue weighted by Crippen LogP contribution is 2.31. The van der Waals surface area contributed by atoms with E-state index in [4.69, 9.17) is 11.6 Å². The van der Waals surface area contributed by atoms with Crippen LogP contribution in [0.15, 0.2) is 14.7 Å². The first-order valence-corrected chi connectivity index (χ1v) is 9.26. The van der Waals surface area contributed by atoms with Crippen LogP contribution in [0.2, 0.25) is 0 Å². The molecule has 0 radical (unpaired) electrons. The van der Waals surface area contributed by atoms with E-state index in [0.717, 1.165) is 27.9 Å². The zero-order valence-electron chi connectivity index (χ0n) is 10.4. The molecule has 1 heterocycles. The van der Waals surface area contributed by atoms with Crippen molar-refractivity contribution in [1.82, 2.24) is 4.31 Å². The zero-order chi connectivity index (χ0) is 13.8. The van der Waals surface area contributed by atoms with Gasteiger partial charge in [0.2, 0.25) is 10.0 Å². The predicted molar refractivity (Wildman–Crippen MR) is 81.1 cm³/mol. The molecule has 0 saturated heterocycles. The van der Waals surface area contributed by atoms with Crippen LogP contribution in [0.4, 0.5) is 0 Å². The summed E-state index contributed by atoms with van der Waals surface area (Å²) < 4.78 is 26.9. The SMILES string of the molecule is Cc1sc(Br)cc1S(=O)(=O)N(C)CCCCCCl. The van der Waals surface area contributed by atoms with Crippen LogP contribution in [0.5, 0.6) is 0 Å². The van der Waals surface area contributed by atoms with E-state index in [1.807, 2.05) is 6.92 Å². The average Bonchev–Trinajstić information content (AvgIpc) is 2.64. The molecule has 3 nitrogen and oxygen atoms in total. The number of sulfonamides is 1. The Morgan fingerprint density at radius 1 is 1.39 bits per heavy atom. The Bertz CT molecular complexity index is 487. The van der Waals surface area contributed by atoms with Gasteiger partial charge in [0.1, 0.15) is 0 Å². The fourth-order valence-electron chi connectivity index (χ4n) is 1.58. The van der Waals surface area contributed by atoms with E-state index >= 15 is 0 Å². The fourth-order valence-corrected chi connectivity index (χ4v) is 5.36. The van der Waals surface area contributed by atoms with Crippen LogP contribution in [0, 0.1) is 6.92 Å². The summed E-state index contributed by atoms with van der Waals surface area (Å²) in [4.78, 5) is 1.22. The van der Waals surface area contributed by atoms with Crippen molar-refractivity contribution in [3.05, 3.63) is 14.7 Å². The summed E-state index contributed by atoms with van der Waals surface area (Å²) >= 11 is 10.3. The smallest absolute Gasteiger partial charge is 0.207 e. The van der Waals surface area contributed by atoms with Crippen LogP contribution in [0.3, 0.4) is 0 Å². The van der Waals surface area contributed by atoms with Gasteiger partial charge in [0, 0.05) is 24.3 Å². The fraction of sp³-hybridized carbons (Fsp3) is 0.636. The Morgan fingerprint density at radius 3 is 2.56 bits per heavy atom. The molecule has 0 atom stereocenters. The summed E-state index contributed by atoms with van der Waals surface area (Å²) in [6.45, 7) is 2.36. The second kappa shape index (κ2) is 7.24. The molecule has 18 heavy (non-hydrogen) atoms. The molecule has 0 aromatic carbocycles. The standard InChI is InChI=1S/C11H17BrClNO2S2/c1-9-10(8-11(12)17-9)18(15,16)14(2)7-5-3-4-6-13/h8H,3-7H2,1-2H3. The molecule has 0 bridgehead atoms. The second-order valence-corrected chi connectivity index (χ2v) is 9.07. The number of hydrogen-bond donors (Lipinski definition) is 0. The maximum Gasteiger partial charge on any atom is 0.243 e. The first-order chi connectivity index (χ1) is 8.39. The van der Waals surface area contributed by atoms with E-state index in [2.05, 4.69) is 15.9 Å². The lowest BCUT2D eigenvalue weighted by atomic mass is 10.2. The normalized spacial score (nSPS) is 12.3. The Morgan fingerprint density at radius 2 is 2.06 bits per heavy atom. The summed E-state index contributed by atoms with van der Waals surface area (Å²) in [5.41, 5.74) is 0. The van der Waals surface area contributed by atoms with Gasteiger partial charge in [-0.15, -0.1) is 22.9 Å². The average molecular weight is 375 g/mol. The number of alkyl halides is 1. The van der Waals surface area contributed by atoms with Gasteiger partial charge in [-0.05, 0) is 41.8 Å². The van der Waals surface area contributed by atoms with Crippen molar-refractivity contribution in [3.63, 3.8) is 0 Å². The second-order valence-electron chi connectivity index (χ2n) is 4.05. The molecule has 1 aromatic rings. The minimum Gasteiger partial charge on any atom is -0.207 e. The largest absolute Gasteiger partial charge is 0.243 e. The van der Waals surface area contributed by atoms with Gasteiger partial charge in [-0.2, -0.15) is 0 Å². The van der Waals surface area contributed by atoms with Crippen LogP contribution in [0.1, 0.15) is 24.1 Å². The van der Waals surface area contributed by atoms with E-state index in [0.29, 0.717) is 17.3 Å². The van der Waals surface area contributed by atoms with Crippen molar-refractivity contribution < 1.29 is 8.42 Å². The third-order valence-corrected chi connectivity index (χ3v) is 6.57. The third-order valence-electron chi connectivity index (χ3n) is 2.64. The van der Waals surface area contributed by atoms with Crippen molar-refractivity contribution >= 4 is 48.9 Å². The van der Waals surface area contributed by atoms with Crippen LogP contribution < -0.4 is 0 Å². The van der Waals surface area contributed by atoms with E-state index < -0.39 is 10.0 Å². The van der Waals surface area contributed by atoms with E-state index in [-0.39, 0.29) is 0 Å². The molecule has 7 heteroatoms. The summed E-state index contributed by atoms with van der Waals surface area (Å²) in [7, 11) is -1.73. The van der Waals surface area contributed by atoms with Crippen LogP contribution in [-0.2, 0) is 10.0 Å². The number of unbranched alkanes of at least 4 members (excludes halogenated alkanes) is 2. The summed E-state index contributed by atoms with van der Waals surface area (Å²) in [5.74, 6) is 0.632. The Kier molecular flexibility index (Phi) is 6.61. The van der Waals surface area contributed by atoms with Crippen LogP contribution in [0.25, 0.3) is 0 Å². The monoisotopic (exact) mass is 373 g/mol. The maximum atomic E-state index is 12.3. The lowest BCUT2D eigenvalue weighted by Crippen LogP contribution is -2.28. The first kappa shape index (κ1) is 16.4. The van der Waals surface area contributed by atoms with Gasteiger partial charge >= 0.3 is 0 Å². The molecule has 1 aromatic heterocycles. The maximum absolute atomic E-state index is 12.3. The van der Waals surface area contributed by atoms with Gasteiger partial charge in [0.25, 0.3) is 0 Å². The summed E-state index contributed by atoms with van der Waals surface area (Å²) in [5, 5.41) is 0. The molecule has 104 valence electrons. The minimum absolute atomic E-state index is 0.402. The quantitative estimate of drug-likeness (QED) is 0.537. The Balaban J connectivity index is 2.71.